The predicted molar refractivity (Wildman–Crippen MR) is 68.8 cm³/mol. The van der Waals surface area contributed by atoms with Gasteiger partial charge in [0, 0.05) is 13.6 Å². The van der Waals surface area contributed by atoms with Crippen LogP contribution in [-0.2, 0) is 6.42 Å². The summed E-state index contributed by atoms with van der Waals surface area (Å²) in [4.78, 5) is 3.82. The molecule has 0 heterocycles. The highest BCUT2D eigenvalue weighted by molar-refractivity contribution is 5.77. The van der Waals surface area contributed by atoms with E-state index in [9.17, 15) is 0 Å². The van der Waals surface area contributed by atoms with Crippen LogP contribution in [0.2, 0.25) is 0 Å². The fourth-order valence-corrected chi connectivity index (χ4v) is 1.48. The maximum absolute atomic E-state index is 5.55. The molecule has 1 aromatic rings. The molecule has 0 saturated carbocycles. The quantitative estimate of drug-likeness (QED) is 0.586. The van der Waals surface area contributed by atoms with Crippen LogP contribution >= 0.6 is 0 Å². The molecule has 5 heteroatoms. The van der Waals surface area contributed by atoms with E-state index in [1.807, 2.05) is 18.2 Å². The number of hydrogen-bond donors (Lipinski definition) is 2. The van der Waals surface area contributed by atoms with Gasteiger partial charge in [0.15, 0.2) is 5.96 Å². The van der Waals surface area contributed by atoms with Crippen molar-refractivity contribution in [2.45, 2.75) is 6.42 Å². The van der Waals surface area contributed by atoms with Crippen molar-refractivity contribution < 1.29 is 9.47 Å². The summed E-state index contributed by atoms with van der Waals surface area (Å²) in [5.74, 6) is 2.10. The molecule has 0 fully saturated rings. The molecule has 0 aliphatic heterocycles. The van der Waals surface area contributed by atoms with Crippen LogP contribution in [0.15, 0.2) is 23.2 Å². The summed E-state index contributed by atoms with van der Waals surface area (Å²) >= 11 is 0. The number of nitrogens with zero attached hydrogens (tertiary/aromatic N) is 1. The summed E-state index contributed by atoms with van der Waals surface area (Å²) in [5.41, 5.74) is 6.62. The summed E-state index contributed by atoms with van der Waals surface area (Å²) < 4.78 is 10.5. The van der Waals surface area contributed by atoms with Crippen molar-refractivity contribution in [2.24, 2.45) is 10.7 Å². The SMILES string of the molecule is CN=C(N)NCCc1cc(OC)ccc1OC. The minimum Gasteiger partial charge on any atom is -0.497 e. The molecule has 17 heavy (non-hydrogen) atoms. The van der Waals surface area contributed by atoms with Crippen molar-refractivity contribution in [3.63, 3.8) is 0 Å². The van der Waals surface area contributed by atoms with Gasteiger partial charge in [0.2, 0.25) is 0 Å². The number of nitrogens with two attached hydrogens (primary N) is 1. The molecule has 1 rings (SSSR count). The van der Waals surface area contributed by atoms with E-state index in [0.29, 0.717) is 12.5 Å². The summed E-state index contributed by atoms with van der Waals surface area (Å²) in [5, 5.41) is 3.00. The number of aliphatic imine (C=N–C) groups is 1. The molecule has 0 bridgehead atoms. The van der Waals surface area contributed by atoms with Gasteiger partial charge in [-0.15, -0.1) is 0 Å². The number of rotatable bonds is 5. The number of ether oxygens (including phenoxy) is 2. The Labute approximate surface area is 102 Å². The van der Waals surface area contributed by atoms with Gasteiger partial charge in [-0.05, 0) is 30.2 Å². The maximum atomic E-state index is 5.55. The molecule has 1 aromatic carbocycles. The van der Waals surface area contributed by atoms with Crippen LogP contribution in [0.25, 0.3) is 0 Å². The largest absolute Gasteiger partial charge is 0.497 e. The van der Waals surface area contributed by atoms with Gasteiger partial charge in [0.25, 0.3) is 0 Å². The lowest BCUT2D eigenvalue weighted by atomic mass is 10.1. The number of benzene rings is 1. The summed E-state index contributed by atoms with van der Waals surface area (Å²) in [6.07, 6.45) is 0.788. The van der Waals surface area contributed by atoms with Crippen LogP contribution in [0.5, 0.6) is 11.5 Å². The Hall–Kier alpha value is -1.91. The van der Waals surface area contributed by atoms with Crippen molar-refractivity contribution in [3.8, 4) is 11.5 Å². The van der Waals surface area contributed by atoms with E-state index in [0.717, 1.165) is 23.5 Å². The van der Waals surface area contributed by atoms with Gasteiger partial charge in [0.05, 0.1) is 14.2 Å². The predicted octanol–water partition coefficient (Wildman–Crippen LogP) is 0.780. The van der Waals surface area contributed by atoms with Gasteiger partial charge < -0.3 is 20.5 Å². The highest BCUT2D eigenvalue weighted by Gasteiger charge is 2.04. The zero-order valence-corrected chi connectivity index (χ0v) is 10.5. The third kappa shape index (κ3) is 3.86. The lowest BCUT2D eigenvalue weighted by molar-refractivity contribution is 0.398. The summed E-state index contributed by atoms with van der Waals surface area (Å²) in [7, 11) is 4.95. The topological polar surface area (TPSA) is 68.9 Å². The second-order valence-electron chi connectivity index (χ2n) is 3.46. The van der Waals surface area contributed by atoms with Gasteiger partial charge in [-0.2, -0.15) is 0 Å². The van der Waals surface area contributed by atoms with E-state index in [-0.39, 0.29) is 0 Å². The zero-order chi connectivity index (χ0) is 12.7. The van der Waals surface area contributed by atoms with Crippen LogP contribution < -0.4 is 20.5 Å². The van der Waals surface area contributed by atoms with Crippen LogP contribution in [-0.4, -0.2) is 33.8 Å². The van der Waals surface area contributed by atoms with Crippen molar-refractivity contribution in [2.75, 3.05) is 27.8 Å². The van der Waals surface area contributed by atoms with Gasteiger partial charge >= 0.3 is 0 Å². The first kappa shape index (κ1) is 13.2. The fraction of sp³-hybridized carbons (Fsp3) is 0.417. The second kappa shape index (κ2) is 6.62. The van der Waals surface area contributed by atoms with E-state index in [2.05, 4.69) is 10.3 Å². The Morgan fingerprint density at radius 3 is 2.71 bits per heavy atom. The van der Waals surface area contributed by atoms with E-state index in [1.165, 1.54) is 0 Å². The maximum Gasteiger partial charge on any atom is 0.188 e. The minimum atomic E-state index is 0.437. The Morgan fingerprint density at radius 2 is 2.12 bits per heavy atom. The molecular formula is C12H19N3O2. The first-order chi connectivity index (χ1) is 8.21. The molecule has 0 spiro atoms. The van der Waals surface area contributed by atoms with Gasteiger partial charge in [-0.3, -0.25) is 4.99 Å². The average molecular weight is 237 g/mol. The van der Waals surface area contributed by atoms with Crippen LogP contribution in [0.3, 0.4) is 0 Å². The van der Waals surface area contributed by atoms with Crippen molar-refractivity contribution >= 4 is 5.96 Å². The first-order valence-corrected chi connectivity index (χ1v) is 5.38. The van der Waals surface area contributed by atoms with E-state index in [4.69, 9.17) is 15.2 Å². The van der Waals surface area contributed by atoms with E-state index < -0.39 is 0 Å². The van der Waals surface area contributed by atoms with E-state index in [1.54, 1.807) is 21.3 Å². The van der Waals surface area contributed by atoms with E-state index >= 15 is 0 Å². The van der Waals surface area contributed by atoms with Crippen LogP contribution in [0.4, 0.5) is 0 Å². The highest BCUT2D eigenvalue weighted by Crippen LogP contribution is 2.23. The highest BCUT2D eigenvalue weighted by atomic mass is 16.5. The summed E-state index contributed by atoms with van der Waals surface area (Å²) in [6, 6.07) is 5.73. The molecule has 0 radical (unpaired) electrons. The first-order valence-electron chi connectivity index (χ1n) is 5.38. The lowest BCUT2D eigenvalue weighted by Gasteiger charge is -2.11. The molecule has 94 valence electrons. The van der Waals surface area contributed by atoms with Gasteiger partial charge in [-0.1, -0.05) is 0 Å². The number of nitrogens with one attached hydrogen (secondary N) is 1. The van der Waals surface area contributed by atoms with Crippen LogP contribution in [0.1, 0.15) is 5.56 Å². The van der Waals surface area contributed by atoms with Gasteiger partial charge in [-0.25, -0.2) is 0 Å². The molecule has 0 atom stereocenters. The van der Waals surface area contributed by atoms with Gasteiger partial charge in [0.1, 0.15) is 11.5 Å². The second-order valence-corrected chi connectivity index (χ2v) is 3.46. The number of methoxy groups -OCH3 is 2. The molecule has 0 unspecified atom stereocenters. The fourth-order valence-electron chi connectivity index (χ4n) is 1.48. The number of guanidine groups is 1. The van der Waals surface area contributed by atoms with Crippen molar-refractivity contribution in [3.05, 3.63) is 23.8 Å². The lowest BCUT2D eigenvalue weighted by Crippen LogP contribution is -2.32. The third-order valence-electron chi connectivity index (χ3n) is 2.43. The molecule has 0 saturated heterocycles. The third-order valence-corrected chi connectivity index (χ3v) is 2.43. The molecule has 0 aromatic heterocycles. The Kier molecular flexibility index (Phi) is 5.13. The molecular weight excluding hydrogens is 218 g/mol. The number of hydrogen-bond acceptors (Lipinski definition) is 3. The standard InChI is InChI=1S/C12H19N3O2/c1-14-12(13)15-7-6-9-8-10(16-2)4-5-11(9)17-3/h4-5,8H,6-7H2,1-3H3,(H3,13,14,15). The van der Waals surface area contributed by atoms with Crippen molar-refractivity contribution in [1.29, 1.82) is 0 Å². The molecule has 0 aliphatic rings. The van der Waals surface area contributed by atoms with Crippen LogP contribution in [0, 0.1) is 0 Å². The Morgan fingerprint density at radius 1 is 1.35 bits per heavy atom. The smallest absolute Gasteiger partial charge is 0.188 e. The molecule has 3 N–H and O–H groups in total. The molecule has 0 amide bonds. The summed E-state index contributed by atoms with van der Waals surface area (Å²) in [6.45, 7) is 0.701. The van der Waals surface area contributed by atoms with Crippen molar-refractivity contribution in [1.82, 2.24) is 5.32 Å². The molecule has 5 nitrogen and oxygen atoms in total. The normalized spacial score (nSPS) is 11.1. The minimum absolute atomic E-state index is 0.437. The zero-order valence-electron chi connectivity index (χ0n) is 10.5. The average Bonchev–Trinajstić information content (AvgIpc) is 2.38. The Balaban J connectivity index is 2.67. The monoisotopic (exact) mass is 237 g/mol. The molecule has 0 aliphatic carbocycles. The Bertz CT molecular complexity index is 391.